The van der Waals surface area contributed by atoms with Gasteiger partial charge in [-0.2, -0.15) is 0 Å². The van der Waals surface area contributed by atoms with Gasteiger partial charge in [0.05, 0.1) is 6.10 Å². The largest absolute Gasteiger partial charge is 0.375 e. The van der Waals surface area contributed by atoms with E-state index in [1.54, 1.807) is 10.3 Å². The highest BCUT2D eigenvalue weighted by Crippen LogP contribution is 2.25. The Morgan fingerprint density at radius 3 is 2.83 bits per heavy atom. The van der Waals surface area contributed by atoms with Crippen LogP contribution < -0.4 is 5.14 Å². The summed E-state index contributed by atoms with van der Waals surface area (Å²) in [6, 6.07) is 1.35. The fourth-order valence-electron chi connectivity index (χ4n) is 1.77. The average Bonchev–Trinajstić information content (AvgIpc) is 2.70. The lowest BCUT2D eigenvalue weighted by Crippen LogP contribution is -2.54. The molecule has 0 atom stereocenters. The van der Waals surface area contributed by atoms with E-state index < -0.39 is 10.0 Å². The first kappa shape index (κ1) is 13.5. The van der Waals surface area contributed by atoms with Gasteiger partial charge in [-0.25, -0.2) is 13.6 Å². The summed E-state index contributed by atoms with van der Waals surface area (Å²) in [4.78, 5) is 13.7. The van der Waals surface area contributed by atoms with Gasteiger partial charge in [0.25, 0.3) is 5.91 Å². The number of nitrogens with zero attached hydrogens (tertiary/aromatic N) is 1. The first-order chi connectivity index (χ1) is 8.43. The predicted octanol–water partition coefficient (Wildman–Crippen LogP) is 0.256. The monoisotopic (exact) mass is 290 g/mol. The van der Waals surface area contributed by atoms with Crippen molar-refractivity contribution in [2.45, 2.75) is 17.9 Å². The standard InChI is InChI=1S/C10H14N2O4S2/c1-2-16-7-5-12(6-7)10(13)9-8(3-4-17-9)18(11,14)15/h3-4,7H,2,5-6H2,1H3,(H2,11,14,15). The zero-order valence-electron chi connectivity index (χ0n) is 9.83. The molecule has 2 heterocycles. The quantitative estimate of drug-likeness (QED) is 0.861. The molecule has 18 heavy (non-hydrogen) atoms. The fourth-order valence-corrected chi connectivity index (χ4v) is 3.70. The molecule has 1 aromatic heterocycles. The first-order valence-electron chi connectivity index (χ1n) is 5.44. The van der Waals surface area contributed by atoms with Crippen molar-refractivity contribution in [3.63, 3.8) is 0 Å². The molecule has 1 aromatic rings. The zero-order valence-corrected chi connectivity index (χ0v) is 11.5. The van der Waals surface area contributed by atoms with Gasteiger partial charge in [0.1, 0.15) is 9.77 Å². The predicted molar refractivity (Wildman–Crippen MR) is 67.0 cm³/mol. The number of carbonyl (C=O) groups is 1. The topological polar surface area (TPSA) is 89.7 Å². The molecule has 0 unspecified atom stereocenters. The summed E-state index contributed by atoms with van der Waals surface area (Å²) in [6.45, 7) is 3.49. The molecule has 1 saturated heterocycles. The van der Waals surface area contributed by atoms with Crippen LogP contribution in [0.4, 0.5) is 0 Å². The molecule has 0 radical (unpaired) electrons. The van der Waals surface area contributed by atoms with Crippen LogP contribution in [0.1, 0.15) is 16.6 Å². The molecule has 8 heteroatoms. The minimum absolute atomic E-state index is 0.0526. The van der Waals surface area contributed by atoms with Crippen LogP contribution >= 0.6 is 11.3 Å². The van der Waals surface area contributed by atoms with Crippen LogP contribution in [-0.4, -0.2) is 45.0 Å². The summed E-state index contributed by atoms with van der Waals surface area (Å²) in [5.41, 5.74) is 0. The van der Waals surface area contributed by atoms with Gasteiger partial charge in [-0.05, 0) is 18.4 Å². The molecule has 1 aliphatic rings. The van der Waals surface area contributed by atoms with Crippen LogP contribution in [0.15, 0.2) is 16.3 Å². The number of amides is 1. The van der Waals surface area contributed by atoms with Crippen molar-refractivity contribution in [2.24, 2.45) is 5.14 Å². The Morgan fingerprint density at radius 1 is 1.61 bits per heavy atom. The van der Waals surface area contributed by atoms with Crippen molar-refractivity contribution in [3.8, 4) is 0 Å². The molecule has 1 fully saturated rings. The van der Waals surface area contributed by atoms with E-state index in [2.05, 4.69) is 0 Å². The van der Waals surface area contributed by atoms with Gasteiger partial charge in [-0.15, -0.1) is 11.3 Å². The molecule has 2 N–H and O–H groups in total. The van der Waals surface area contributed by atoms with Gasteiger partial charge in [-0.3, -0.25) is 4.79 Å². The Kier molecular flexibility index (Phi) is 3.71. The molecule has 1 aliphatic heterocycles. The van der Waals surface area contributed by atoms with Gasteiger partial charge in [-0.1, -0.05) is 0 Å². The molecule has 6 nitrogen and oxygen atoms in total. The number of hydrogen-bond acceptors (Lipinski definition) is 5. The number of carbonyl (C=O) groups excluding carboxylic acids is 1. The summed E-state index contributed by atoms with van der Waals surface area (Å²) in [7, 11) is -3.84. The van der Waals surface area contributed by atoms with Crippen molar-refractivity contribution in [3.05, 3.63) is 16.3 Å². The highest BCUT2D eigenvalue weighted by molar-refractivity contribution is 7.89. The maximum Gasteiger partial charge on any atom is 0.265 e. The summed E-state index contributed by atoms with van der Waals surface area (Å²) in [5, 5.41) is 6.61. The van der Waals surface area contributed by atoms with Gasteiger partial charge in [0.15, 0.2) is 0 Å². The molecule has 0 saturated carbocycles. The van der Waals surface area contributed by atoms with E-state index in [-0.39, 0.29) is 21.8 Å². The molecule has 0 spiro atoms. The lowest BCUT2D eigenvalue weighted by atomic mass is 10.1. The molecule has 2 rings (SSSR count). The average molecular weight is 290 g/mol. The van der Waals surface area contributed by atoms with Crippen LogP contribution in [0.5, 0.6) is 0 Å². The van der Waals surface area contributed by atoms with E-state index in [9.17, 15) is 13.2 Å². The summed E-state index contributed by atoms with van der Waals surface area (Å²) in [5.74, 6) is -0.301. The molecule has 0 aromatic carbocycles. The Balaban J connectivity index is 2.10. The second-order valence-electron chi connectivity index (χ2n) is 3.95. The number of nitrogens with two attached hydrogens (primary N) is 1. The van der Waals surface area contributed by atoms with Gasteiger partial charge < -0.3 is 9.64 Å². The van der Waals surface area contributed by atoms with Crippen molar-refractivity contribution >= 4 is 27.3 Å². The number of sulfonamides is 1. The zero-order chi connectivity index (χ0) is 13.3. The van der Waals surface area contributed by atoms with Gasteiger partial charge in [0, 0.05) is 19.7 Å². The van der Waals surface area contributed by atoms with Crippen molar-refractivity contribution < 1.29 is 17.9 Å². The molecule has 0 bridgehead atoms. The van der Waals surface area contributed by atoms with E-state index in [1.807, 2.05) is 6.92 Å². The third-order valence-corrected chi connectivity index (χ3v) is 4.65. The highest BCUT2D eigenvalue weighted by Gasteiger charge is 2.34. The normalized spacial score (nSPS) is 16.7. The number of hydrogen-bond donors (Lipinski definition) is 1. The number of rotatable bonds is 4. The third kappa shape index (κ3) is 2.56. The molecule has 1 amide bonds. The first-order valence-corrected chi connectivity index (χ1v) is 7.87. The van der Waals surface area contributed by atoms with Crippen LogP contribution in [0, 0.1) is 0 Å². The van der Waals surface area contributed by atoms with E-state index in [1.165, 1.54) is 6.07 Å². The summed E-state index contributed by atoms with van der Waals surface area (Å²) < 4.78 is 27.9. The van der Waals surface area contributed by atoms with Crippen molar-refractivity contribution in [1.29, 1.82) is 0 Å². The second-order valence-corrected chi connectivity index (χ2v) is 6.39. The fraction of sp³-hybridized carbons (Fsp3) is 0.500. The van der Waals surface area contributed by atoms with E-state index >= 15 is 0 Å². The number of thiophene rings is 1. The lowest BCUT2D eigenvalue weighted by Gasteiger charge is -2.38. The van der Waals surface area contributed by atoms with Gasteiger partial charge in [0.2, 0.25) is 10.0 Å². The van der Waals surface area contributed by atoms with Crippen LogP contribution in [0.25, 0.3) is 0 Å². The van der Waals surface area contributed by atoms with Crippen LogP contribution in [0.3, 0.4) is 0 Å². The summed E-state index contributed by atoms with van der Waals surface area (Å²) in [6.07, 6.45) is 0.0526. The van der Waals surface area contributed by atoms with Gasteiger partial charge >= 0.3 is 0 Å². The minimum Gasteiger partial charge on any atom is -0.375 e. The lowest BCUT2D eigenvalue weighted by molar-refractivity contribution is -0.0377. The van der Waals surface area contributed by atoms with E-state index in [4.69, 9.17) is 9.88 Å². The highest BCUT2D eigenvalue weighted by atomic mass is 32.2. The second kappa shape index (κ2) is 4.96. The molecular formula is C10H14N2O4S2. The Bertz CT molecular complexity index is 546. The number of likely N-dealkylation sites (tertiary alicyclic amines) is 1. The molecular weight excluding hydrogens is 276 g/mol. The maximum absolute atomic E-state index is 12.1. The van der Waals surface area contributed by atoms with Crippen LogP contribution in [0.2, 0.25) is 0 Å². The smallest absolute Gasteiger partial charge is 0.265 e. The SMILES string of the molecule is CCOC1CN(C(=O)c2sccc2S(N)(=O)=O)C1. The summed E-state index contributed by atoms with van der Waals surface area (Å²) >= 11 is 1.09. The van der Waals surface area contributed by atoms with Crippen molar-refractivity contribution in [1.82, 2.24) is 4.90 Å². The minimum atomic E-state index is -3.84. The molecule has 0 aliphatic carbocycles. The molecule has 100 valence electrons. The van der Waals surface area contributed by atoms with E-state index in [0.29, 0.717) is 19.7 Å². The van der Waals surface area contributed by atoms with E-state index in [0.717, 1.165) is 11.3 Å². The third-order valence-electron chi connectivity index (χ3n) is 2.67. The van der Waals surface area contributed by atoms with Crippen molar-refractivity contribution in [2.75, 3.05) is 19.7 Å². The maximum atomic E-state index is 12.1. The number of primary sulfonamides is 1. The Morgan fingerprint density at radius 2 is 2.28 bits per heavy atom. The van der Waals surface area contributed by atoms with Crippen LogP contribution in [-0.2, 0) is 14.8 Å². The Labute approximate surface area is 109 Å². The number of ether oxygens (including phenoxy) is 1. The Hall–Kier alpha value is -0.960.